The van der Waals surface area contributed by atoms with E-state index in [1.807, 2.05) is 55.4 Å². The molecule has 1 aliphatic heterocycles. The van der Waals surface area contributed by atoms with E-state index in [2.05, 4.69) is 7.54 Å². The van der Waals surface area contributed by atoms with Crippen molar-refractivity contribution in [3.63, 3.8) is 0 Å². The zero-order chi connectivity index (χ0) is 26.4. The van der Waals surface area contributed by atoms with E-state index in [0.29, 0.717) is 0 Å². The monoisotopic (exact) mass is 534 g/mol. The Hall–Kier alpha value is -2.23. The molecule has 9 heteroatoms. The number of rotatable bonds is 4. The maximum atomic E-state index is 13.4. The Kier molecular flexibility index (Phi) is 7.05. The molecule has 35 heavy (non-hydrogen) atoms. The summed E-state index contributed by atoms with van der Waals surface area (Å²) in [7, 11) is -11.5. The third-order valence-electron chi connectivity index (χ3n) is 5.56. The van der Waals surface area contributed by atoms with Crippen molar-refractivity contribution in [3.8, 4) is 0 Å². The highest BCUT2D eigenvalue weighted by molar-refractivity contribution is 8.12. The number of hydrogen-bond acceptors (Lipinski definition) is 4. The van der Waals surface area contributed by atoms with E-state index < -0.39 is 29.7 Å². The van der Waals surface area contributed by atoms with Crippen LogP contribution in [-0.2, 0) is 29.7 Å². The predicted molar refractivity (Wildman–Crippen MR) is 144 cm³/mol. The van der Waals surface area contributed by atoms with Crippen LogP contribution in [-0.4, -0.2) is 16.8 Å². The van der Waals surface area contributed by atoms with Crippen LogP contribution in [0.1, 0.15) is 52.7 Å². The Labute approximate surface area is 211 Å². The van der Waals surface area contributed by atoms with Gasteiger partial charge >= 0.3 is 0 Å². The lowest BCUT2D eigenvalue weighted by atomic mass is 9.74. The summed E-state index contributed by atoms with van der Waals surface area (Å²) in [5.41, 5.74) is 2.77. The highest BCUT2D eigenvalue weighted by atomic mass is 32.3. The van der Waals surface area contributed by atoms with E-state index >= 15 is 0 Å². The number of nitrogens with zero attached hydrogens (tertiary/aromatic N) is 2. The second-order valence-corrected chi connectivity index (χ2v) is 16.7. The third kappa shape index (κ3) is 6.13. The van der Waals surface area contributed by atoms with Crippen LogP contribution in [0.25, 0.3) is 0 Å². The van der Waals surface area contributed by atoms with Crippen LogP contribution in [0.4, 0.5) is 0 Å². The highest BCUT2D eigenvalue weighted by Crippen LogP contribution is 2.46. The van der Waals surface area contributed by atoms with Gasteiger partial charge in [0, 0.05) is 20.4 Å². The molecule has 0 radical (unpaired) electrons. The van der Waals surface area contributed by atoms with Gasteiger partial charge < -0.3 is 0 Å². The Morgan fingerprint density at radius 2 is 0.857 bits per heavy atom. The first kappa shape index (κ1) is 27.4. The summed E-state index contributed by atoms with van der Waals surface area (Å²) < 4.78 is 62.2. The number of benzene rings is 2. The van der Waals surface area contributed by atoms with Crippen molar-refractivity contribution in [2.24, 2.45) is 18.4 Å². The lowest BCUT2D eigenvalue weighted by molar-refractivity contribution is 0.449. The number of sulfonamides is 2. The minimum absolute atomic E-state index is 0.00114. The normalized spacial score (nSPS) is 16.5. The van der Waals surface area contributed by atoms with Crippen LogP contribution in [0.5, 0.6) is 0 Å². The summed E-state index contributed by atoms with van der Waals surface area (Å²) >= 11 is 0. The molecule has 0 atom stereocenters. The summed E-state index contributed by atoms with van der Waals surface area (Å²) in [6, 6.07) is 12.7. The fraction of sp³-hybridized carbons (Fsp3) is 0.385. The molecule has 3 rings (SSSR count). The van der Waals surface area contributed by atoms with Crippen molar-refractivity contribution in [2.75, 3.05) is 0 Å². The first-order valence-electron chi connectivity index (χ1n) is 11.2. The zero-order valence-corrected chi connectivity index (χ0v) is 24.0. The van der Waals surface area contributed by atoms with E-state index in [9.17, 15) is 16.8 Å². The Morgan fingerprint density at radius 1 is 0.571 bits per heavy atom. The standard InChI is InChI=1S/C26H34N2O4S3/c1-19-9-13-21(14-10-19)34(29,30)27-33(28-35(31,32)22-15-11-20(2)12-16-22)17-23(25(3,4)5)24(18-33)26(6,7)8/h9-18H,1-8H3. The topological polar surface area (TPSA) is 93.0 Å². The van der Waals surface area contributed by atoms with Crippen molar-refractivity contribution < 1.29 is 16.8 Å². The summed E-state index contributed by atoms with van der Waals surface area (Å²) in [4.78, 5) is 0.00227. The lowest BCUT2D eigenvalue weighted by Gasteiger charge is -2.30. The maximum absolute atomic E-state index is 13.4. The molecular weight excluding hydrogens is 500 g/mol. The van der Waals surface area contributed by atoms with Crippen molar-refractivity contribution in [3.05, 3.63) is 81.6 Å². The Balaban J connectivity index is 2.45. The van der Waals surface area contributed by atoms with E-state index in [-0.39, 0.29) is 20.6 Å². The molecule has 0 N–H and O–H groups in total. The van der Waals surface area contributed by atoms with Gasteiger partial charge in [-0.25, -0.2) is 0 Å². The van der Waals surface area contributed by atoms with E-state index in [0.717, 1.165) is 22.3 Å². The summed E-state index contributed by atoms with van der Waals surface area (Å²) in [6.07, 6.45) is 0. The molecule has 0 fully saturated rings. The smallest absolute Gasteiger partial charge is 0.199 e. The fourth-order valence-electron chi connectivity index (χ4n) is 3.59. The van der Waals surface area contributed by atoms with Crippen molar-refractivity contribution in [2.45, 2.75) is 65.2 Å². The molecular formula is C26H34N2O4S3. The van der Waals surface area contributed by atoms with Gasteiger partial charge in [0.05, 0.1) is 9.79 Å². The Morgan fingerprint density at radius 3 is 1.11 bits per heavy atom. The molecule has 6 nitrogen and oxygen atoms in total. The van der Waals surface area contributed by atoms with Crippen molar-refractivity contribution in [1.82, 2.24) is 0 Å². The first-order valence-corrected chi connectivity index (χ1v) is 15.8. The first-order chi connectivity index (χ1) is 15.8. The van der Waals surface area contributed by atoms with E-state index in [4.69, 9.17) is 0 Å². The summed E-state index contributed by atoms with van der Waals surface area (Å²) in [5.74, 6) is 0. The average Bonchev–Trinajstić information content (AvgIpc) is 3.07. The minimum Gasteiger partial charge on any atom is -0.199 e. The molecule has 1 aliphatic rings. The lowest BCUT2D eigenvalue weighted by Crippen LogP contribution is -2.18. The van der Waals surface area contributed by atoms with Gasteiger partial charge in [-0.2, -0.15) is 16.8 Å². The van der Waals surface area contributed by atoms with Crippen LogP contribution in [0, 0.1) is 24.7 Å². The third-order valence-corrected chi connectivity index (χ3v) is 11.9. The molecule has 0 aliphatic carbocycles. The highest BCUT2D eigenvalue weighted by Gasteiger charge is 2.35. The van der Waals surface area contributed by atoms with Crippen molar-refractivity contribution >= 4 is 29.7 Å². The summed E-state index contributed by atoms with van der Waals surface area (Å²) in [6.45, 7) is 15.8. The van der Waals surface area contributed by atoms with Crippen molar-refractivity contribution in [1.29, 1.82) is 0 Å². The van der Waals surface area contributed by atoms with Crippen LogP contribution in [0.3, 0.4) is 0 Å². The van der Waals surface area contributed by atoms with Gasteiger partial charge in [-0.1, -0.05) is 76.9 Å². The SMILES string of the molecule is Cc1ccc(S(=O)(=O)N=S2(=NS(=O)(=O)c3ccc(C)cc3)C=C(C(C)(C)C)C(C(C)(C)C)=C2)cc1. The van der Waals surface area contributed by atoms with E-state index in [1.165, 1.54) is 24.3 Å². The van der Waals surface area contributed by atoms with Crippen LogP contribution in [0.2, 0.25) is 0 Å². The Bertz CT molecular complexity index is 1420. The molecule has 0 saturated carbocycles. The van der Waals surface area contributed by atoms with Gasteiger partial charge in [-0.05, 0) is 60.1 Å². The van der Waals surface area contributed by atoms with Gasteiger partial charge in [0.1, 0.15) is 0 Å². The van der Waals surface area contributed by atoms with Gasteiger partial charge in [0.25, 0.3) is 20.0 Å². The zero-order valence-electron chi connectivity index (χ0n) is 21.5. The van der Waals surface area contributed by atoms with Gasteiger partial charge in [0.15, 0.2) is 0 Å². The molecule has 0 spiro atoms. The van der Waals surface area contributed by atoms with Gasteiger partial charge in [0.2, 0.25) is 0 Å². The largest absolute Gasteiger partial charge is 0.289 e. The molecule has 0 aromatic heterocycles. The second-order valence-electron chi connectivity index (χ2n) is 10.9. The average molecular weight is 535 g/mol. The number of aryl methyl sites for hydroxylation is 2. The van der Waals surface area contributed by atoms with Gasteiger partial charge in [-0.15, -0.1) is 7.54 Å². The quantitative estimate of drug-likeness (QED) is 0.432. The molecule has 0 unspecified atom stereocenters. The molecule has 0 amide bonds. The second kappa shape index (κ2) is 9.01. The van der Waals surface area contributed by atoms with Crippen LogP contribution >= 0.6 is 0 Å². The molecule has 1 heterocycles. The van der Waals surface area contributed by atoms with Gasteiger partial charge in [-0.3, -0.25) is 0 Å². The minimum atomic E-state index is -4.20. The molecule has 2 aromatic carbocycles. The van der Waals surface area contributed by atoms with E-state index in [1.54, 1.807) is 35.1 Å². The molecule has 2 aromatic rings. The molecule has 0 saturated heterocycles. The van der Waals surface area contributed by atoms with Crippen LogP contribution < -0.4 is 0 Å². The molecule has 0 bridgehead atoms. The number of hydrogen-bond donors (Lipinski definition) is 0. The van der Waals surface area contributed by atoms with Crippen LogP contribution in [0.15, 0.2) is 87.8 Å². The fourth-order valence-corrected chi connectivity index (χ4v) is 10.5. The number of allylic oxidation sites excluding steroid dienone is 2. The maximum Gasteiger partial charge on any atom is 0.289 e. The summed E-state index contributed by atoms with van der Waals surface area (Å²) in [5, 5.41) is 3.34. The molecule has 190 valence electrons. The predicted octanol–water partition coefficient (Wildman–Crippen LogP) is 6.78.